The third-order valence-electron chi connectivity index (χ3n) is 5.09. The Balaban J connectivity index is 1.80. The maximum atomic E-state index is 4.98. The van der Waals surface area contributed by atoms with Crippen LogP contribution in [0.5, 0.6) is 0 Å². The molecule has 0 spiro atoms. The van der Waals surface area contributed by atoms with Crippen molar-refractivity contribution in [1.29, 1.82) is 0 Å². The van der Waals surface area contributed by atoms with Crippen molar-refractivity contribution in [2.24, 2.45) is 5.92 Å². The lowest BCUT2D eigenvalue weighted by molar-refractivity contribution is 0.440. The number of hydrogen-bond donors (Lipinski definition) is 0. The van der Waals surface area contributed by atoms with Crippen molar-refractivity contribution in [1.82, 2.24) is 29.0 Å². The molecule has 6 nitrogen and oxygen atoms in total. The number of nitrogens with zero attached hydrogens (tertiary/aromatic N) is 6. The zero-order valence-electron chi connectivity index (χ0n) is 15.9. The van der Waals surface area contributed by atoms with Crippen LogP contribution >= 0.6 is 0 Å². The summed E-state index contributed by atoms with van der Waals surface area (Å²) in [7, 11) is 4.07. The number of allylic oxidation sites excluding steroid dienone is 1. The smallest absolute Gasteiger partial charge is 0.149 e. The SMILES string of the molecule is CC/C(=C\N(C)C)c1cc2nccn2c(-c2cnn(C(C)C3CC3)c2)n1. The molecular weight excluding hydrogens is 324 g/mol. The van der Waals surface area contributed by atoms with Gasteiger partial charge in [0, 0.05) is 45.0 Å². The van der Waals surface area contributed by atoms with Crippen LogP contribution in [0.1, 0.15) is 44.8 Å². The van der Waals surface area contributed by atoms with Gasteiger partial charge in [0.05, 0.1) is 23.5 Å². The summed E-state index contributed by atoms with van der Waals surface area (Å²) in [4.78, 5) is 11.5. The summed E-state index contributed by atoms with van der Waals surface area (Å²) in [5.41, 5.74) is 4.10. The fourth-order valence-corrected chi connectivity index (χ4v) is 3.41. The van der Waals surface area contributed by atoms with Gasteiger partial charge in [0.15, 0.2) is 0 Å². The average Bonchev–Trinajstić information content (AvgIpc) is 3.17. The van der Waals surface area contributed by atoms with E-state index in [0.29, 0.717) is 6.04 Å². The van der Waals surface area contributed by atoms with E-state index in [2.05, 4.69) is 52.0 Å². The predicted molar refractivity (Wildman–Crippen MR) is 104 cm³/mol. The third-order valence-corrected chi connectivity index (χ3v) is 5.09. The van der Waals surface area contributed by atoms with E-state index in [1.54, 1.807) is 0 Å². The van der Waals surface area contributed by atoms with Crippen molar-refractivity contribution >= 4 is 11.2 Å². The molecule has 1 atom stereocenters. The summed E-state index contributed by atoms with van der Waals surface area (Å²) < 4.78 is 4.12. The fourth-order valence-electron chi connectivity index (χ4n) is 3.41. The molecule has 0 amide bonds. The normalized spacial score (nSPS) is 16.2. The maximum absolute atomic E-state index is 4.98. The van der Waals surface area contributed by atoms with E-state index >= 15 is 0 Å². The van der Waals surface area contributed by atoms with E-state index in [1.807, 2.05) is 37.1 Å². The van der Waals surface area contributed by atoms with Gasteiger partial charge < -0.3 is 4.90 Å². The summed E-state index contributed by atoms with van der Waals surface area (Å²) >= 11 is 0. The molecule has 6 heteroatoms. The van der Waals surface area contributed by atoms with E-state index in [4.69, 9.17) is 4.98 Å². The average molecular weight is 350 g/mol. The van der Waals surface area contributed by atoms with Crippen molar-refractivity contribution < 1.29 is 0 Å². The van der Waals surface area contributed by atoms with Gasteiger partial charge in [0.25, 0.3) is 0 Å². The van der Waals surface area contributed by atoms with E-state index in [0.717, 1.165) is 35.1 Å². The molecular formula is C20H26N6. The van der Waals surface area contributed by atoms with Crippen molar-refractivity contribution in [3.05, 3.63) is 42.7 Å². The number of fused-ring (bicyclic) bond motifs is 1. The van der Waals surface area contributed by atoms with Crippen molar-refractivity contribution in [3.8, 4) is 11.4 Å². The Labute approximate surface area is 154 Å². The largest absolute Gasteiger partial charge is 0.383 e. The fraction of sp³-hybridized carbons (Fsp3) is 0.450. The first-order chi connectivity index (χ1) is 12.6. The van der Waals surface area contributed by atoms with Crippen molar-refractivity contribution in [2.75, 3.05) is 14.1 Å². The van der Waals surface area contributed by atoms with Crippen LogP contribution < -0.4 is 0 Å². The summed E-state index contributed by atoms with van der Waals surface area (Å²) in [6.07, 6.45) is 13.5. The molecule has 3 aromatic heterocycles. The molecule has 26 heavy (non-hydrogen) atoms. The van der Waals surface area contributed by atoms with Gasteiger partial charge in [-0.1, -0.05) is 6.92 Å². The first-order valence-corrected chi connectivity index (χ1v) is 9.33. The monoisotopic (exact) mass is 350 g/mol. The molecule has 1 fully saturated rings. The molecule has 4 rings (SSSR count). The first kappa shape index (κ1) is 16.8. The van der Waals surface area contributed by atoms with Gasteiger partial charge >= 0.3 is 0 Å². The minimum absolute atomic E-state index is 0.449. The van der Waals surface area contributed by atoms with Crippen LogP contribution in [0.3, 0.4) is 0 Å². The third kappa shape index (κ3) is 3.11. The van der Waals surface area contributed by atoms with Crippen LogP contribution in [-0.4, -0.2) is 43.1 Å². The second-order valence-corrected chi connectivity index (χ2v) is 7.38. The molecule has 0 radical (unpaired) electrons. The quantitative estimate of drug-likeness (QED) is 0.677. The van der Waals surface area contributed by atoms with Gasteiger partial charge in [0.2, 0.25) is 0 Å². The number of aromatic nitrogens is 5. The zero-order chi connectivity index (χ0) is 18.3. The molecule has 3 aromatic rings. The van der Waals surface area contributed by atoms with E-state index in [1.165, 1.54) is 18.4 Å². The Hall–Kier alpha value is -2.63. The zero-order valence-corrected chi connectivity index (χ0v) is 15.9. The van der Waals surface area contributed by atoms with E-state index in [-0.39, 0.29) is 0 Å². The molecule has 1 saturated carbocycles. The summed E-state index contributed by atoms with van der Waals surface area (Å²) in [6.45, 7) is 4.40. The van der Waals surface area contributed by atoms with Crippen LogP contribution in [0.25, 0.3) is 22.6 Å². The highest BCUT2D eigenvalue weighted by molar-refractivity contribution is 5.69. The number of imidazole rings is 1. The molecule has 0 aliphatic heterocycles. The lowest BCUT2D eigenvalue weighted by Crippen LogP contribution is -2.07. The van der Waals surface area contributed by atoms with Crippen molar-refractivity contribution in [2.45, 2.75) is 39.2 Å². The second kappa shape index (κ2) is 6.59. The Kier molecular flexibility index (Phi) is 4.26. The van der Waals surface area contributed by atoms with Crippen LogP contribution in [0, 0.1) is 5.92 Å². The molecule has 1 aliphatic rings. The van der Waals surface area contributed by atoms with Gasteiger partial charge in [-0.25, -0.2) is 9.97 Å². The Morgan fingerprint density at radius 3 is 2.88 bits per heavy atom. The Morgan fingerprint density at radius 1 is 1.38 bits per heavy atom. The van der Waals surface area contributed by atoms with Gasteiger partial charge in [-0.15, -0.1) is 0 Å². The highest BCUT2D eigenvalue weighted by Gasteiger charge is 2.29. The Bertz CT molecular complexity index is 944. The minimum Gasteiger partial charge on any atom is -0.383 e. The van der Waals surface area contributed by atoms with Gasteiger partial charge in [-0.3, -0.25) is 9.08 Å². The predicted octanol–water partition coefficient (Wildman–Crippen LogP) is 3.88. The lowest BCUT2D eigenvalue weighted by atomic mass is 10.1. The molecule has 1 aliphatic carbocycles. The van der Waals surface area contributed by atoms with E-state index in [9.17, 15) is 0 Å². The molecule has 0 N–H and O–H groups in total. The van der Waals surface area contributed by atoms with Crippen LogP contribution in [0.2, 0.25) is 0 Å². The standard InChI is InChI=1S/C20H26N6/c1-5-15(12-24(3)4)18-10-19-21-8-9-25(19)20(23-18)17-11-22-26(13-17)14(2)16-6-7-16/h8-14,16H,5-7H2,1-4H3/b15-12+. The first-order valence-electron chi connectivity index (χ1n) is 9.33. The number of rotatable bonds is 6. The lowest BCUT2D eigenvalue weighted by Gasteiger charge is -2.12. The summed E-state index contributed by atoms with van der Waals surface area (Å²) in [5, 5.41) is 4.61. The molecule has 0 saturated heterocycles. The molecule has 1 unspecified atom stereocenters. The van der Waals surface area contributed by atoms with Crippen LogP contribution in [0.15, 0.2) is 37.1 Å². The summed E-state index contributed by atoms with van der Waals surface area (Å²) in [5.74, 6) is 1.66. The summed E-state index contributed by atoms with van der Waals surface area (Å²) in [6, 6.07) is 2.50. The van der Waals surface area contributed by atoms with Gasteiger partial charge in [-0.2, -0.15) is 5.10 Å². The van der Waals surface area contributed by atoms with Crippen LogP contribution in [-0.2, 0) is 0 Å². The highest BCUT2D eigenvalue weighted by atomic mass is 15.3. The second-order valence-electron chi connectivity index (χ2n) is 7.38. The molecule has 3 heterocycles. The van der Waals surface area contributed by atoms with Gasteiger partial charge in [0.1, 0.15) is 11.5 Å². The highest BCUT2D eigenvalue weighted by Crippen LogP contribution is 2.39. The number of hydrogen-bond acceptors (Lipinski definition) is 4. The van der Waals surface area contributed by atoms with Crippen LogP contribution in [0.4, 0.5) is 0 Å². The molecule has 0 aromatic carbocycles. The maximum Gasteiger partial charge on any atom is 0.149 e. The topological polar surface area (TPSA) is 51.3 Å². The minimum atomic E-state index is 0.449. The molecule has 0 bridgehead atoms. The van der Waals surface area contributed by atoms with Crippen molar-refractivity contribution in [3.63, 3.8) is 0 Å². The molecule has 136 valence electrons. The van der Waals surface area contributed by atoms with E-state index < -0.39 is 0 Å². The van der Waals surface area contributed by atoms with Gasteiger partial charge in [-0.05, 0) is 37.7 Å². The Morgan fingerprint density at radius 2 is 2.19 bits per heavy atom.